The fourth-order valence-electron chi connectivity index (χ4n) is 5.02. The molecule has 2 aliphatic heterocycles. The molecule has 0 amide bonds. The molecule has 2 aliphatic rings. The first-order chi connectivity index (χ1) is 15.2. The van der Waals surface area contributed by atoms with Crippen LogP contribution in [0, 0.1) is 6.92 Å². The van der Waals surface area contributed by atoms with Crippen LogP contribution < -0.4 is 31.0 Å². The number of fused-ring (bicyclic) bond motifs is 3. The van der Waals surface area contributed by atoms with Crippen LogP contribution in [-0.4, -0.2) is 17.8 Å². The van der Waals surface area contributed by atoms with Crippen LogP contribution in [0.3, 0.4) is 0 Å². The Kier molecular flexibility index (Phi) is 5.76. The first-order valence-corrected chi connectivity index (χ1v) is 11.6. The fraction of sp³-hybridized carbons (Fsp3) is 0.269. The quantitative estimate of drug-likeness (QED) is 0.360. The second kappa shape index (κ2) is 8.56. The summed E-state index contributed by atoms with van der Waals surface area (Å²) < 4.78 is 18.0. The summed E-state index contributed by atoms with van der Waals surface area (Å²) in [6.07, 6.45) is 1.92. The number of aromatic nitrogens is 2. The minimum absolute atomic E-state index is 0. The number of ether oxygens (including phenoxy) is 2. The Bertz CT molecular complexity index is 1300. The topological polar surface area (TPSA) is 27.3 Å². The molecule has 1 aromatic heterocycles. The van der Waals surface area contributed by atoms with Gasteiger partial charge in [-0.3, -0.25) is 0 Å². The summed E-state index contributed by atoms with van der Waals surface area (Å²) >= 11 is 3.72. The summed E-state index contributed by atoms with van der Waals surface area (Å²) in [6, 6.07) is 19.3. The molecule has 0 bridgehead atoms. The second-order valence-corrected chi connectivity index (χ2v) is 9.17. The van der Waals surface area contributed by atoms with Crippen molar-refractivity contribution in [2.45, 2.75) is 32.9 Å². The summed E-state index contributed by atoms with van der Waals surface area (Å²) in [6.45, 7) is 5.37. The smallest absolute Gasteiger partial charge is 0.254 e. The van der Waals surface area contributed by atoms with E-state index in [1.807, 2.05) is 0 Å². The monoisotopic (exact) mass is 554 g/mol. The number of para-hydroxylation sites is 2. The number of hydrogen-bond acceptors (Lipinski definition) is 2. The van der Waals surface area contributed by atoms with Crippen LogP contribution in [0.15, 0.2) is 59.1 Å². The third-order valence-electron chi connectivity index (χ3n) is 6.61. The van der Waals surface area contributed by atoms with Crippen molar-refractivity contribution in [3.63, 3.8) is 0 Å². The molecular weight excluding hydrogens is 532 g/mol. The van der Waals surface area contributed by atoms with Gasteiger partial charge >= 0.3 is 0 Å². The van der Waals surface area contributed by atoms with Crippen molar-refractivity contribution < 1.29 is 31.0 Å². The standard InChI is InChI=1S/C26H24BrN2O2.BrH/c1-17-28(15-19-6-2-3-7-22(19)27)23-8-4-5-9-24(23)29(17)16-21-20-11-13-30-25(20)14-18-10-12-31-26(18)21;/h2-9,14H,10-13,15-16H2,1H3;1H/q+1;/p-1. The highest BCUT2D eigenvalue weighted by Crippen LogP contribution is 2.41. The zero-order valence-corrected chi connectivity index (χ0v) is 21.1. The predicted octanol–water partition coefficient (Wildman–Crippen LogP) is 1.97. The first-order valence-electron chi connectivity index (χ1n) is 10.8. The maximum atomic E-state index is 6.12. The van der Waals surface area contributed by atoms with Gasteiger partial charge in [0.1, 0.15) is 24.6 Å². The Morgan fingerprint density at radius 1 is 1.00 bits per heavy atom. The average molecular weight is 556 g/mol. The van der Waals surface area contributed by atoms with E-state index in [4.69, 9.17) is 9.47 Å². The molecule has 0 saturated heterocycles. The number of nitrogens with zero attached hydrogens (tertiary/aromatic N) is 2. The molecule has 0 radical (unpaired) electrons. The number of halogens is 2. The van der Waals surface area contributed by atoms with E-state index >= 15 is 0 Å². The lowest BCUT2D eigenvalue weighted by Crippen LogP contribution is -3.00. The average Bonchev–Trinajstić information content (AvgIpc) is 3.50. The molecule has 164 valence electrons. The van der Waals surface area contributed by atoms with Gasteiger partial charge in [0.25, 0.3) is 5.82 Å². The van der Waals surface area contributed by atoms with Crippen LogP contribution in [-0.2, 0) is 25.9 Å². The highest BCUT2D eigenvalue weighted by Gasteiger charge is 2.30. The zero-order valence-electron chi connectivity index (χ0n) is 17.9. The Hall–Kier alpha value is -2.31. The van der Waals surface area contributed by atoms with E-state index in [1.165, 1.54) is 39.1 Å². The van der Waals surface area contributed by atoms with Crippen LogP contribution in [0.5, 0.6) is 11.5 Å². The largest absolute Gasteiger partial charge is 1.00 e. The molecule has 0 unspecified atom stereocenters. The third-order valence-corrected chi connectivity index (χ3v) is 7.38. The van der Waals surface area contributed by atoms with Gasteiger partial charge < -0.3 is 26.5 Å². The van der Waals surface area contributed by atoms with Gasteiger partial charge in [-0.1, -0.05) is 46.3 Å². The molecule has 0 aliphatic carbocycles. The normalized spacial score (nSPS) is 13.9. The Labute approximate surface area is 206 Å². The zero-order chi connectivity index (χ0) is 20.9. The molecule has 0 atom stereocenters. The van der Waals surface area contributed by atoms with Crippen LogP contribution in [0.1, 0.15) is 28.1 Å². The highest BCUT2D eigenvalue weighted by atomic mass is 79.9. The number of imidazole rings is 1. The molecule has 4 aromatic rings. The minimum atomic E-state index is 0. The van der Waals surface area contributed by atoms with E-state index in [1.54, 1.807) is 0 Å². The van der Waals surface area contributed by atoms with Crippen molar-refractivity contribution >= 4 is 27.0 Å². The number of hydrogen-bond donors (Lipinski definition) is 0. The summed E-state index contributed by atoms with van der Waals surface area (Å²) in [5.41, 5.74) is 7.66. The maximum Gasteiger partial charge on any atom is 0.254 e. The summed E-state index contributed by atoms with van der Waals surface area (Å²) in [5.74, 6) is 3.37. The van der Waals surface area contributed by atoms with Crippen molar-refractivity contribution in [3.8, 4) is 11.5 Å². The summed E-state index contributed by atoms with van der Waals surface area (Å²) in [4.78, 5) is 0. The lowest BCUT2D eigenvalue weighted by molar-refractivity contribution is -0.669. The SMILES string of the molecule is Cc1n(Cc2c3c(cc4c2OCC4)OCC3)c2ccccc2[n+]1Cc1ccccc1Br.[Br-]. The van der Waals surface area contributed by atoms with Gasteiger partial charge in [0, 0.05) is 46.5 Å². The van der Waals surface area contributed by atoms with Crippen LogP contribution in [0.25, 0.3) is 11.0 Å². The highest BCUT2D eigenvalue weighted by molar-refractivity contribution is 9.10. The van der Waals surface area contributed by atoms with Crippen molar-refractivity contribution in [1.29, 1.82) is 0 Å². The van der Waals surface area contributed by atoms with Crippen molar-refractivity contribution in [2.24, 2.45) is 0 Å². The number of benzene rings is 3. The van der Waals surface area contributed by atoms with E-state index in [0.717, 1.165) is 55.1 Å². The molecule has 6 heteroatoms. The van der Waals surface area contributed by atoms with Crippen LogP contribution in [0.2, 0.25) is 0 Å². The molecular formula is C26H24Br2N2O2. The Balaban J connectivity index is 0.00000216. The second-order valence-electron chi connectivity index (χ2n) is 8.32. The van der Waals surface area contributed by atoms with Gasteiger partial charge in [-0.05, 0) is 24.3 Å². The van der Waals surface area contributed by atoms with Crippen LogP contribution in [0.4, 0.5) is 0 Å². The molecule has 3 aromatic carbocycles. The predicted molar refractivity (Wildman–Crippen MR) is 124 cm³/mol. The van der Waals surface area contributed by atoms with Gasteiger partial charge in [-0.25, -0.2) is 9.13 Å². The summed E-state index contributed by atoms with van der Waals surface area (Å²) in [7, 11) is 0. The molecule has 0 fully saturated rings. The van der Waals surface area contributed by atoms with E-state index < -0.39 is 0 Å². The lowest BCUT2D eigenvalue weighted by atomic mass is 9.99. The maximum absolute atomic E-state index is 6.12. The van der Waals surface area contributed by atoms with E-state index in [2.05, 4.69) is 86.6 Å². The molecule has 4 nitrogen and oxygen atoms in total. The molecule has 0 spiro atoms. The third kappa shape index (κ3) is 3.44. The number of rotatable bonds is 4. The molecule has 32 heavy (non-hydrogen) atoms. The Morgan fingerprint density at radius 2 is 1.78 bits per heavy atom. The van der Waals surface area contributed by atoms with Crippen molar-refractivity contribution in [3.05, 3.63) is 87.1 Å². The molecule has 0 saturated carbocycles. The molecule has 3 heterocycles. The van der Waals surface area contributed by atoms with Gasteiger partial charge in [0.2, 0.25) is 0 Å². The molecule has 0 N–H and O–H groups in total. The molecule has 6 rings (SSSR count). The van der Waals surface area contributed by atoms with Crippen molar-refractivity contribution in [2.75, 3.05) is 13.2 Å². The Morgan fingerprint density at radius 3 is 2.66 bits per heavy atom. The van der Waals surface area contributed by atoms with Crippen LogP contribution >= 0.6 is 15.9 Å². The van der Waals surface area contributed by atoms with Crippen molar-refractivity contribution in [1.82, 2.24) is 4.57 Å². The summed E-state index contributed by atoms with van der Waals surface area (Å²) in [5, 5.41) is 0. The minimum Gasteiger partial charge on any atom is -1.00 e. The van der Waals surface area contributed by atoms with Gasteiger partial charge in [0.15, 0.2) is 11.0 Å². The lowest BCUT2D eigenvalue weighted by Gasteiger charge is -2.12. The first kappa shape index (κ1) is 21.5. The van der Waals surface area contributed by atoms with E-state index in [9.17, 15) is 0 Å². The van der Waals surface area contributed by atoms with Gasteiger partial charge in [-0.15, -0.1) is 0 Å². The fourth-order valence-corrected chi connectivity index (χ4v) is 5.43. The van der Waals surface area contributed by atoms with Gasteiger partial charge in [-0.2, -0.15) is 0 Å². The van der Waals surface area contributed by atoms with E-state index in [-0.39, 0.29) is 17.0 Å². The van der Waals surface area contributed by atoms with Gasteiger partial charge in [0.05, 0.1) is 13.2 Å². The van der Waals surface area contributed by atoms with E-state index in [0.29, 0.717) is 0 Å².